The number of fused-ring (bicyclic) bond motifs is 1. The predicted octanol–water partition coefficient (Wildman–Crippen LogP) is 3.62. The van der Waals surface area contributed by atoms with Crippen LogP contribution in [-0.4, -0.2) is 66.5 Å². The maximum Gasteiger partial charge on any atom is 0.253 e. The summed E-state index contributed by atoms with van der Waals surface area (Å²) in [6.07, 6.45) is 10.1. The number of nitrogens with two attached hydrogens (primary N) is 1. The average Bonchev–Trinajstić information content (AvgIpc) is 3.41. The Kier molecular flexibility index (Phi) is 7.35. The fraction of sp³-hybridized carbons (Fsp3) is 0.548. The van der Waals surface area contributed by atoms with Crippen molar-refractivity contribution in [1.29, 1.82) is 0 Å². The van der Waals surface area contributed by atoms with Gasteiger partial charge in [-0.1, -0.05) is 68.9 Å². The Labute approximate surface area is 231 Å². The highest BCUT2D eigenvalue weighted by molar-refractivity contribution is 5.94. The molecule has 2 aromatic carbocycles. The van der Waals surface area contributed by atoms with Crippen LogP contribution < -0.4 is 16.6 Å². The molecule has 4 aliphatic rings. The van der Waals surface area contributed by atoms with Gasteiger partial charge < -0.3 is 25.7 Å². The van der Waals surface area contributed by atoms with Gasteiger partial charge in [0.05, 0.1) is 24.4 Å². The molecule has 0 spiro atoms. The molecule has 3 fully saturated rings. The van der Waals surface area contributed by atoms with Gasteiger partial charge in [0.25, 0.3) is 5.91 Å². The lowest BCUT2D eigenvalue weighted by Crippen LogP contribution is -2.68. The number of nitrogens with one attached hydrogen (secondary N) is 2. The zero-order valence-electron chi connectivity index (χ0n) is 22.8. The van der Waals surface area contributed by atoms with Gasteiger partial charge in [-0.3, -0.25) is 9.59 Å². The molecule has 208 valence electrons. The van der Waals surface area contributed by atoms with E-state index in [9.17, 15) is 9.59 Å². The van der Waals surface area contributed by atoms with E-state index in [4.69, 9.17) is 10.5 Å². The van der Waals surface area contributed by atoms with Gasteiger partial charge in [-0.15, -0.1) is 0 Å². The highest BCUT2D eigenvalue weighted by atomic mass is 16.5. The zero-order valence-corrected chi connectivity index (χ0v) is 22.8. The topological polar surface area (TPSA) is 99.9 Å². The van der Waals surface area contributed by atoms with Crippen LogP contribution in [0.2, 0.25) is 0 Å². The maximum atomic E-state index is 13.4. The van der Waals surface area contributed by atoms with Crippen LogP contribution in [0.3, 0.4) is 0 Å². The van der Waals surface area contributed by atoms with Crippen molar-refractivity contribution < 1.29 is 14.3 Å². The maximum absolute atomic E-state index is 13.4. The number of hydrazine groups is 1. The van der Waals surface area contributed by atoms with Gasteiger partial charge in [-0.05, 0) is 42.5 Å². The lowest BCUT2D eigenvalue weighted by Gasteiger charge is -2.43. The van der Waals surface area contributed by atoms with Gasteiger partial charge in [0.15, 0.2) is 0 Å². The summed E-state index contributed by atoms with van der Waals surface area (Å²) in [5.41, 5.74) is 16.5. The van der Waals surface area contributed by atoms with Crippen LogP contribution in [0.1, 0.15) is 72.9 Å². The average molecular weight is 532 g/mol. The molecule has 39 heavy (non-hydrogen) atoms. The summed E-state index contributed by atoms with van der Waals surface area (Å²) in [5, 5.41) is 0. The number of carbonyl (C=O) groups is 2. The minimum absolute atomic E-state index is 0.0116. The molecule has 0 bridgehead atoms. The van der Waals surface area contributed by atoms with Crippen molar-refractivity contribution in [2.24, 2.45) is 11.7 Å². The molecule has 0 radical (unpaired) electrons. The predicted molar refractivity (Wildman–Crippen MR) is 151 cm³/mol. The second kappa shape index (κ2) is 10.9. The van der Waals surface area contributed by atoms with Crippen molar-refractivity contribution in [2.45, 2.75) is 62.4 Å². The summed E-state index contributed by atoms with van der Waals surface area (Å²) in [4.78, 5) is 29.8. The summed E-state index contributed by atoms with van der Waals surface area (Å²) in [5.74, 6) is 0.404. The number of ether oxygens (including phenoxy) is 1. The van der Waals surface area contributed by atoms with Gasteiger partial charge in [0.2, 0.25) is 5.91 Å². The number of hydrogen-bond acceptors (Lipinski definition) is 6. The summed E-state index contributed by atoms with van der Waals surface area (Å²) in [6.45, 7) is 2.56. The summed E-state index contributed by atoms with van der Waals surface area (Å²) in [6, 6.07) is 16.8. The molecule has 8 heteroatoms. The molecule has 1 aliphatic carbocycles. The number of nitrogens with zero attached hydrogens (tertiary/aromatic N) is 2. The number of rotatable bonds is 4. The molecule has 8 nitrogen and oxygen atoms in total. The highest BCUT2D eigenvalue weighted by Crippen LogP contribution is 2.48. The summed E-state index contributed by atoms with van der Waals surface area (Å²) in [7, 11) is 0. The second-order valence-electron chi connectivity index (χ2n) is 11.8. The molecule has 3 aliphatic heterocycles. The number of carbonyl (C=O) groups excluding carboxylic acids is 2. The van der Waals surface area contributed by atoms with Crippen molar-refractivity contribution >= 4 is 17.5 Å². The number of amides is 2. The second-order valence-corrected chi connectivity index (χ2v) is 11.8. The summed E-state index contributed by atoms with van der Waals surface area (Å²) >= 11 is 0. The van der Waals surface area contributed by atoms with Crippen LogP contribution in [-0.2, 0) is 15.1 Å². The van der Waals surface area contributed by atoms with E-state index in [1.54, 1.807) is 4.90 Å². The number of piperazine rings is 1. The van der Waals surface area contributed by atoms with Crippen LogP contribution in [0, 0.1) is 5.92 Å². The van der Waals surface area contributed by atoms with E-state index in [0.717, 1.165) is 5.69 Å². The summed E-state index contributed by atoms with van der Waals surface area (Å²) < 4.78 is 5.15. The number of hydrogen-bond donors (Lipinski definition) is 3. The lowest BCUT2D eigenvalue weighted by atomic mass is 9.70. The first kappa shape index (κ1) is 26.3. The van der Waals surface area contributed by atoms with E-state index in [1.807, 2.05) is 17.0 Å². The molecule has 2 saturated heterocycles. The van der Waals surface area contributed by atoms with Crippen molar-refractivity contribution in [3.05, 3.63) is 65.2 Å². The largest absolute Gasteiger partial charge is 0.376 e. The molecule has 1 atom stereocenters. The molecule has 1 saturated carbocycles. The van der Waals surface area contributed by atoms with E-state index < -0.39 is 5.54 Å². The standard InChI is InChI=1S/C31H41N5O3/c32-30(21-39-22-30)29(38)36-19-17-35(18-20-36)28(37)23-13-15-25(16-14-23)31(24-9-5-3-1-2-4-6-10-24)26-11-7-8-12-27(26)33-34-31/h7-8,11-16,24,33-34H,1-6,9-10,17-22,32H2. The van der Waals surface area contributed by atoms with Crippen LogP contribution in [0.15, 0.2) is 48.5 Å². The quantitative estimate of drug-likeness (QED) is 0.557. The molecular weight excluding hydrogens is 490 g/mol. The van der Waals surface area contributed by atoms with Crippen LogP contribution in [0.4, 0.5) is 5.69 Å². The van der Waals surface area contributed by atoms with Crippen LogP contribution in [0.25, 0.3) is 0 Å². The molecule has 2 amide bonds. The lowest BCUT2D eigenvalue weighted by molar-refractivity contribution is -0.155. The van der Waals surface area contributed by atoms with Crippen molar-refractivity contribution in [3.8, 4) is 0 Å². The fourth-order valence-corrected chi connectivity index (χ4v) is 6.95. The Hall–Kier alpha value is -2.94. The monoisotopic (exact) mass is 531 g/mol. The third-order valence-corrected chi connectivity index (χ3v) is 9.30. The van der Waals surface area contributed by atoms with E-state index in [2.05, 4.69) is 47.2 Å². The zero-order chi connectivity index (χ0) is 26.9. The Morgan fingerprint density at radius 2 is 1.44 bits per heavy atom. The van der Waals surface area contributed by atoms with E-state index in [-0.39, 0.29) is 30.6 Å². The smallest absolute Gasteiger partial charge is 0.253 e. The SMILES string of the molecule is NC1(C(=O)N2CCN(C(=O)c3ccc(C4(C5CCCCCCCC5)NNc5ccccc54)cc3)CC2)COC1. The third kappa shape index (κ3) is 4.83. The van der Waals surface area contributed by atoms with E-state index in [0.29, 0.717) is 37.7 Å². The highest BCUT2D eigenvalue weighted by Gasteiger charge is 2.47. The molecule has 4 N–H and O–H groups in total. The van der Waals surface area contributed by atoms with E-state index >= 15 is 0 Å². The minimum atomic E-state index is -0.894. The molecule has 1 unspecified atom stereocenters. The molecular formula is C31H41N5O3. The van der Waals surface area contributed by atoms with Gasteiger partial charge >= 0.3 is 0 Å². The number of anilines is 1. The first-order valence-corrected chi connectivity index (χ1v) is 14.7. The third-order valence-electron chi connectivity index (χ3n) is 9.30. The Morgan fingerprint density at radius 3 is 2.08 bits per heavy atom. The van der Waals surface area contributed by atoms with Gasteiger partial charge in [0, 0.05) is 37.3 Å². The van der Waals surface area contributed by atoms with Crippen LogP contribution in [0.5, 0.6) is 0 Å². The van der Waals surface area contributed by atoms with E-state index in [1.165, 1.54) is 62.5 Å². The normalized spacial score (nSPS) is 25.5. The van der Waals surface area contributed by atoms with Gasteiger partial charge in [-0.25, -0.2) is 5.43 Å². The van der Waals surface area contributed by atoms with Gasteiger partial charge in [-0.2, -0.15) is 0 Å². The first-order valence-electron chi connectivity index (χ1n) is 14.7. The Balaban J connectivity index is 1.20. The minimum Gasteiger partial charge on any atom is -0.376 e. The molecule has 6 rings (SSSR count). The van der Waals surface area contributed by atoms with Gasteiger partial charge in [0.1, 0.15) is 5.54 Å². The Morgan fingerprint density at radius 1 is 0.821 bits per heavy atom. The number of para-hydroxylation sites is 1. The molecule has 2 aromatic rings. The molecule has 3 heterocycles. The molecule has 0 aromatic heterocycles. The van der Waals surface area contributed by atoms with Crippen molar-refractivity contribution in [3.63, 3.8) is 0 Å². The first-order chi connectivity index (χ1) is 19.0. The van der Waals surface area contributed by atoms with Crippen molar-refractivity contribution in [1.82, 2.24) is 15.2 Å². The van der Waals surface area contributed by atoms with Crippen LogP contribution >= 0.6 is 0 Å². The fourth-order valence-electron chi connectivity index (χ4n) is 6.95. The van der Waals surface area contributed by atoms with Crippen molar-refractivity contribution in [2.75, 3.05) is 44.8 Å². The number of benzene rings is 2. The Bertz CT molecular complexity index is 1180.